The first-order valence-corrected chi connectivity index (χ1v) is 7.41. The van der Waals surface area contributed by atoms with Crippen LogP contribution >= 0.6 is 0 Å². The van der Waals surface area contributed by atoms with E-state index in [0.717, 1.165) is 18.4 Å². The van der Waals surface area contributed by atoms with Crippen molar-refractivity contribution in [3.05, 3.63) is 0 Å². The highest BCUT2D eigenvalue weighted by Crippen LogP contribution is 2.16. The van der Waals surface area contributed by atoms with Crippen LogP contribution in [0.25, 0.3) is 0 Å². The van der Waals surface area contributed by atoms with Gasteiger partial charge in [-0.2, -0.15) is 0 Å². The molecule has 0 heterocycles. The van der Waals surface area contributed by atoms with Crippen molar-refractivity contribution in [2.24, 2.45) is 17.6 Å². The summed E-state index contributed by atoms with van der Waals surface area (Å²) in [5.41, 5.74) is 5.63. The van der Waals surface area contributed by atoms with E-state index in [1.807, 2.05) is 0 Å². The molecule has 0 aromatic carbocycles. The lowest BCUT2D eigenvalue weighted by molar-refractivity contribution is 0.218. The van der Waals surface area contributed by atoms with Crippen molar-refractivity contribution >= 4 is 0 Å². The second-order valence-electron chi connectivity index (χ2n) is 5.95. The molecule has 0 bridgehead atoms. The van der Waals surface area contributed by atoms with Gasteiger partial charge in [0, 0.05) is 6.04 Å². The Kier molecular flexibility index (Phi) is 9.85. The molecule has 2 unspecified atom stereocenters. The van der Waals surface area contributed by atoms with Crippen LogP contribution in [0.15, 0.2) is 0 Å². The summed E-state index contributed by atoms with van der Waals surface area (Å²) in [5.74, 6) is 1.64. The fourth-order valence-corrected chi connectivity index (χ4v) is 2.50. The maximum absolute atomic E-state index is 5.63. The maximum atomic E-state index is 5.63. The van der Waals surface area contributed by atoms with Crippen LogP contribution in [0, 0.1) is 11.8 Å². The quantitative estimate of drug-likeness (QED) is 0.635. The van der Waals surface area contributed by atoms with Crippen molar-refractivity contribution in [3.8, 4) is 0 Å². The van der Waals surface area contributed by atoms with Crippen molar-refractivity contribution < 1.29 is 0 Å². The highest BCUT2D eigenvalue weighted by Gasteiger charge is 2.11. The van der Waals surface area contributed by atoms with E-state index in [4.69, 9.17) is 5.73 Å². The second kappa shape index (κ2) is 9.90. The van der Waals surface area contributed by atoms with Gasteiger partial charge in [0.1, 0.15) is 0 Å². The first-order chi connectivity index (χ1) is 8.01. The summed E-state index contributed by atoms with van der Waals surface area (Å²) in [5, 5.41) is 0. The Morgan fingerprint density at radius 2 is 1.76 bits per heavy atom. The van der Waals surface area contributed by atoms with Gasteiger partial charge in [0.15, 0.2) is 0 Å². The molecule has 0 aliphatic rings. The molecular formula is C15H34N2. The Morgan fingerprint density at radius 1 is 1.12 bits per heavy atom. The third-order valence-electron chi connectivity index (χ3n) is 3.84. The summed E-state index contributed by atoms with van der Waals surface area (Å²) in [6.45, 7) is 11.3. The Hall–Kier alpha value is -0.0800. The van der Waals surface area contributed by atoms with E-state index < -0.39 is 0 Å². The molecule has 0 spiro atoms. The molecule has 0 aromatic rings. The number of nitrogens with two attached hydrogens (primary N) is 1. The SMILES string of the molecule is CCC(CCN)CCCN(C)C(C)CC(C)C. The molecule has 0 saturated carbocycles. The fourth-order valence-electron chi connectivity index (χ4n) is 2.50. The number of nitrogens with zero attached hydrogens (tertiary/aromatic N) is 1. The van der Waals surface area contributed by atoms with Crippen molar-refractivity contribution in [2.75, 3.05) is 20.1 Å². The Bertz CT molecular complexity index is 168. The van der Waals surface area contributed by atoms with E-state index >= 15 is 0 Å². The predicted molar refractivity (Wildman–Crippen MR) is 78.2 cm³/mol. The third kappa shape index (κ3) is 8.62. The van der Waals surface area contributed by atoms with Gasteiger partial charge in [0.05, 0.1) is 0 Å². The molecule has 0 fully saturated rings. The monoisotopic (exact) mass is 242 g/mol. The fraction of sp³-hybridized carbons (Fsp3) is 1.00. The number of hydrogen-bond donors (Lipinski definition) is 1. The molecule has 0 rings (SSSR count). The molecule has 0 radical (unpaired) electrons. The third-order valence-corrected chi connectivity index (χ3v) is 3.84. The van der Waals surface area contributed by atoms with Crippen LogP contribution < -0.4 is 5.73 Å². The predicted octanol–water partition coefficient (Wildman–Crippen LogP) is 3.51. The van der Waals surface area contributed by atoms with Crippen LogP contribution in [0.3, 0.4) is 0 Å². The normalized spacial score (nSPS) is 15.5. The van der Waals surface area contributed by atoms with Gasteiger partial charge < -0.3 is 10.6 Å². The Balaban J connectivity index is 3.71. The molecule has 2 N–H and O–H groups in total. The van der Waals surface area contributed by atoms with E-state index in [9.17, 15) is 0 Å². The van der Waals surface area contributed by atoms with Crippen molar-refractivity contribution in [2.45, 2.75) is 65.8 Å². The minimum Gasteiger partial charge on any atom is -0.330 e. The van der Waals surface area contributed by atoms with Crippen LogP contribution in [0.1, 0.15) is 59.8 Å². The summed E-state index contributed by atoms with van der Waals surface area (Å²) < 4.78 is 0. The first kappa shape index (κ1) is 16.9. The molecule has 2 heteroatoms. The smallest absolute Gasteiger partial charge is 0.00663 e. The lowest BCUT2D eigenvalue weighted by Crippen LogP contribution is -2.31. The maximum Gasteiger partial charge on any atom is 0.00663 e. The average Bonchev–Trinajstić information content (AvgIpc) is 2.26. The Labute approximate surface area is 109 Å². The highest BCUT2D eigenvalue weighted by molar-refractivity contribution is 4.66. The molecule has 0 aliphatic heterocycles. The molecule has 0 amide bonds. The average molecular weight is 242 g/mol. The molecule has 2 atom stereocenters. The van der Waals surface area contributed by atoms with Gasteiger partial charge in [-0.15, -0.1) is 0 Å². The summed E-state index contributed by atoms with van der Waals surface area (Å²) in [4.78, 5) is 2.51. The van der Waals surface area contributed by atoms with Crippen molar-refractivity contribution in [3.63, 3.8) is 0 Å². The van der Waals surface area contributed by atoms with Crippen LogP contribution in [0.2, 0.25) is 0 Å². The van der Waals surface area contributed by atoms with Crippen LogP contribution in [0.4, 0.5) is 0 Å². The number of hydrogen-bond acceptors (Lipinski definition) is 2. The molecule has 17 heavy (non-hydrogen) atoms. The van der Waals surface area contributed by atoms with E-state index in [2.05, 4.69) is 39.6 Å². The largest absolute Gasteiger partial charge is 0.330 e. The summed E-state index contributed by atoms with van der Waals surface area (Å²) in [6.07, 6.45) is 6.44. The molecular weight excluding hydrogens is 208 g/mol. The number of rotatable bonds is 10. The Morgan fingerprint density at radius 3 is 2.24 bits per heavy atom. The van der Waals surface area contributed by atoms with E-state index in [1.165, 1.54) is 38.6 Å². The molecule has 0 saturated heterocycles. The van der Waals surface area contributed by atoms with Gasteiger partial charge in [0.25, 0.3) is 0 Å². The van der Waals surface area contributed by atoms with Crippen molar-refractivity contribution in [1.29, 1.82) is 0 Å². The molecule has 2 nitrogen and oxygen atoms in total. The molecule has 104 valence electrons. The van der Waals surface area contributed by atoms with E-state index in [0.29, 0.717) is 6.04 Å². The summed E-state index contributed by atoms with van der Waals surface area (Å²) >= 11 is 0. The zero-order valence-electron chi connectivity index (χ0n) is 12.7. The van der Waals surface area contributed by atoms with Crippen molar-refractivity contribution in [1.82, 2.24) is 4.90 Å². The molecule has 0 aliphatic carbocycles. The zero-order valence-corrected chi connectivity index (χ0v) is 12.7. The molecule has 0 aromatic heterocycles. The summed E-state index contributed by atoms with van der Waals surface area (Å²) in [6, 6.07) is 0.713. The highest BCUT2D eigenvalue weighted by atomic mass is 15.1. The van der Waals surface area contributed by atoms with Crippen LogP contribution in [-0.4, -0.2) is 31.1 Å². The first-order valence-electron chi connectivity index (χ1n) is 7.41. The van der Waals surface area contributed by atoms with E-state index in [1.54, 1.807) is 0 Å². The lowest BCUT2D eigenvalue weighted by atomic mass is 9.96. The minimum absolute atomic E-state index is 0.713. The van der Waals surface area contributed by atoms with Crippen LogP contribution in [0.5, 0.6) is 0 Å². The van der Waals surface area contributed by atoms with Gasteiger partial charge in [-0.3, -0.25) is 0 Å². The minimum atomic E-state index is 0.713. The standard InChI is InChI=1S/C15H34N2/c1-6-15(9-10-16)8-7-11-17(5)14(4)12-13(2)3/h13-15H,6-12,16H2,1-5H3. The van der Waals surface area contributed by atoms with Crippen LogP contribution in [-0.2, 0) is 0 Å². The lowest BCUT2D eigenvalue weighted by Gasteiger charge is -2.26. The van der Waals surface area contributed by atoms with Gasteiger partial charge in [-0.25, -0.2) is 0 Å². The zero-order chi connectivity index (χ0) is 13.3. The van der Waals surface area contributed by atoms with Gasteiger partial charge >= 0.3 is 0 Å². The van der Waals surface area contributed by atoms with Gasteiger partial charge in [0.2, 0.25) is 0 Å². The van der Waals surface area contributed by atoms with Gasteiger partial charge in [-0.1, -0.05) is 27.2 Å². The second-order valence-corrected chi connectivity index (χ2v) is 5.95. The topological polar surface area (TPSA) is 29.3 Å². The summed E-state index contributed by atoms with van der Waals surface area (Å²) in [7, 11) is 2.26. The van der Waals surface area contributed by atoms with Gasteiger partial charge in [-0.05, 0) is 64.6 Å². The van der Waals surface area contributed by atoms with E-state index in [-0.39, 0.29) is 0 Å².